The molecule has 1 saturated heterocycles. The molecule has 8 heteroatoms. The van der Waals surface area contributed by atoms with Crippen molar-refractivity contribution < 1.29 is 0 Å². The second kappa shape index (κ2) is 7.54. The lowest BCUT2D eigenvalue weighted by atomic mass is 10.2. The van der Waals surface area contributed by atoms with Gasteiger partial charge in [0.15, 0.2) is 0 Å². The minimum absolute atomic E-state index is 0.146. The Morgan fingerprint density at radius 3 is 2.96 bits per heavy atom. The standard InChI is InChI=1S/C18H23N7O/c1-23(2)18-21-14(9-16(26)22-18)11-24(3)15-6-8-25(12-15)17-13(10-19)5-4-7-20-17/h4-5,7,9,15H,6,8,11-12H2,1-3H3,(H,21,22,26)/t15-/m1/s1. The van der Waals surface area contributed by atoms with Crippen molar-refractivity contribution in [3.05, 3.63) is 46.0 Å². The molecular formula is C18H23N7O. The fraction of sp³-hybridized carbons (Fsp3) is 0.444. The minimum Gasteiger partial charge on any atom is -0.354 e. The molecule has 0 spiro atoms. The predicted molar refractivity (Wildman–Crippen MR) is 100 cm³/mol. The van der Waals surface area contributed by atoms with Crippen LogP contribution in [0.2, 0.25) is 0 Å². The summed E-state index contributed by atoms with van der Waals surface area (Å²) < 4.78 is 0. The van der Waals surface area contributed by atoms with Crippen LogP contribution < -0.4 is 15.4 Å². The minimum atomic E-state index is -0.146. The van der Waals surface area contributed by atoms with E-state index in [0.29, 0.717) is 24.1 Å². The van der Waals surface area contributed by atoms with Gasteiger partial charge in [-0.05, 0) is 25.6 Å². The lowest BCUT2D eigenvalue weighted by Crippen LogP contribution is -2.35. The molecule has 3 heterocycles. The van der Waals surface area contributed by atoms with E-state index in [2.05, 4.69) is 30.8 Å². The zero-order valence-corrected chi connectivity index (χ0v) is 15.3. The molecule has 0 aromatic carbocycles. The Kier molecular flexibility index (Phi) is 5.19. The molecule has 0 unspecified atom stereocenters. The summed E-state index contributed by atoms with van der Waals surface area (Å²) in [5, 5.41) is 9.27. The number of nitrogens with zero attached hydrogens (tertiary/aromatic N) is 6. The van der Waals surface area contributed by atoms with Crippen LogP contribution >= 0.6 is 0 Å². The first kappa shape index (κ1) is 17.9. The zero-order valence-electron chi connectivity index (χ0n) is 15.3. The number of hydrogen-bond acceptors (Lipinski definition) is 7. The fourth-order valence-corrected chi connectivity index (χ4v) is 3.20. The first-order valence-electron chi connectivity index (χ1n) is 8.56. The summed E-state index contributed by atoms with van der Waals surface area (Å²) in [5.41, 5.74) is 1.20. The second-order valence-corrected chi connectivity index (χ2v) is 6.74. The van der Waals surface area contributed by atoms with E-state index in [4.69, 9.17) is 0 Å². The Morgan fingerprint density at radius 1 is 1.42 bits per heavy atom. The van der Waals surface area contributed by atoms with E-state index >= 15 is 0 Å². The van der Waals surface area contributed by atoms with Gasteiger partial charge in [-0.25, -0.2) is 9.97 Å². The Hall–Kier alpha value is -2.92. The van der Waals surface area contributed by atoms with Gasteiger partial charge >= 0.3 is 0 Å². The Bertz CT molecular complexity index is 870. The molecule has 26 heavy (non-hydrogen) atoms. The van der Waals surface area contributed by atoms with Gasteiger partial charge in [0.25, 0.3) is 5.56 Å². The molecule has 3 rings (SSSR count). The van der Waals surface area contributed by atoms with Gasteiger partial charge in [0.2, 0.25) is 5.95 Å². The van der Waals surface area contributed by atoms with Crippen LogP contribution in [-0.2, 0) is 6.54 Å². The predicted octanol–water partition coefficient (Wildman–Crippen LogP) is 0.813. The van der Waals surface area contributed by atoms with Crippen molar-refractivity contribution in [2.24, 2.45) is 0 Å². The van der Waals surface area contributed by atoms with Crippen molar-refractivity contribution in [3.8, 4) is 6.07 Å². The van der Waals surface area contributed by atoms with Crippen LogP contribution in [0.4, 0.5) is 11.8 Å². The van der Waals surface area contributed by atoms with Crippen LogP contribution in [-0.4, -0.2) is 60.1 Å². The zero-order chi connectivity index (χ0) is 18.7. The van der Waals surface area contributed by atoms with E-state index in [1.165, 1.54) is 0 Å². The number of pyridine rings is 1. The Morgan fingerprint density at radius 2 is 2.23 bits per heavy atom. The van der Waals surface area contributed by atoms with Crippen molar-refractivity contribution in [2.75, 3.05) is 44.0 Å². The summed E-state index contributed by atoms with van der Waals surface area (Å²) >= 11 is 0. The molecule has 2 aromatic heterocycles. The highest BCUT2D eigenvalue weighted by atomic mass is 16.1. The molecule has 1 aliphatic heterocycles. The third-order valence-electron chi connectivity index (χ3n) is 4.61. The van der Waals surface area contributed by atoms with Gasteiger partial charge in [-0.3, -0.25) is 14.7 Å². The molecule has 0 aliphatic carbocycles. The molecule has 0 amide bonds. The number of hydrogen-bond donors (Lipinski definition) is 1. The highest BCUT2D eigenvalue weighted by Crippen LogP contribution is 2.24. The number of anilines is 2. The van der Waals surface area contributed by atoms with E-state index in [0.717, 1.165) is 31.0 Å². The maximum atomic E-state index is 11.8. The van der Waals surface area contributed by atoms with Crippen LogP contribution in [0.25, 0.3) is 0 Å². The van der Waals surface area contributed by atoms with E-state index in [-0.39, 0.29) is 5.56 Å². The maximum absolute atomic E-state index is 11.8. The number of nitriles is 1. The van der Waals surface area contributed by atoms with E-state index in [9.17, 15) is 10.1 Å². The van der Waals surface area contributed by atoms with Gasteiger partial charge < -0.3 is 9.80 Å². The molecular weight excluding hydrogens is 330 g/mol. The molecule has 0 radical (unpaired) electrons. The molecule has 136 valence electrons. The lowest BCUT2D eigenvalue weighted by molar-refractivity contribution is 0.247. The van der Waals surface area contributed by atoms with Crippen molar-refractivity contribution in [3.63, 3.8) is 0 Å². The monoisotopic (exact) mass is 353 g/mol. The fourth-order valence-electron chi connectivity index (χ4n) is 3.20. The van der Waals surface area contributed by atoms with Crippen molar-refractivity contribution >= 4 is 11.8 Å². The van der Waals surface area contributed by atoms with E-state index in [1.54, 1.807) is 29.3 Å². The average molecular weight is 353 g/mol. The third-order valence-corrected chi connectivity index (χ3v) is 4.61. The van der Waals surface area contributed by atoms with Crippen LogP contribution in [0.15, 0.2) is 29.2 Å². The van der Waals surface area contributed by atoms with Crippen LogP contribution in [0.1, 0.15) is 17.7 Å². The molecule has 1 fully saturated rings. The van der Waals surface area contributed by atoms with Crippen LogP contribution in [0, 0.1) is 11.3 Å². The Labute approximate surface area is 152 Å². The average Bonchev–Trinajstić information content (AvgIpc) is 3.11. The normalized spacial score (nSPS) is 16.7. The second-order valence-electron chi connectivity index (χ2n) is 6.74. The summed E-state index contributed by atoms with van der Waals surface area (Å²) in [6, 6.07) is 7.64. The number of nitrogens with one attached hydrogen (secondary N) is 1. The molecule has 1 N–H and O–H groups in total. The number of rotatable bonds is 5. The van der Waals surface area contributed by atoms with E-state index < -0.39 is 0 Å². The smallest absolute Gasteiger partial charge is 0.252 e. The molecule has 2 aromatic rings. The van der Waals surface area contributed by atoms with Crippen molar-refractivity contribution in [1.82, 2.24) is 19.9 Å². The number of aromatic nitrogens is 3. The number of likely N-dealkylation sites (N-methyl/N-ethyl adjacent to an activating group) is 1. The quantitative estimate of drug-likeness (QED) is 0.850. The van der Waals surface area contributed by atoms with Gasteiger partial charge in [0.05, 0.1) is 11.3 Å². The highest BCUT2D eigenvalue weighted by Gasteiger charge is 2.28. The SMILES string of the molecule is CN(C)c1nc(CN(C)[C@@H]2CCN(c3ncccc3C#N)C2)cc(=O)[nH]1. The number of aromatic amines is 1. The van der Waals surface area contributed by atoms with Gasteiger partial charge in [0, 0.05) is 52.0 Å². The summed E-state index contributed by atoms with van der Waals surface area (Å²) in [5.74, 6) is 1.30. The van der Waals surface area contributed by atoms with Gasteiger partial charge in [-0.1, -0.05) is 0 Å². The van der Waals surface area contributed by atoms with Crippen molar-refractivity contribution in [2.45, 2.75) is 19.0 Å². The molecule has 1 atom stereocenters. The topological polar surface area (TPSA) is 92.2 Å². The summed E-state index contributed by atoms with van der Waals surface area (Å²) in [7, 11) is 5.73. The molecule has 8 nitrogen and oxygen atoms in total. The first-order valence-corrected chi connectivity index (χ1v) is 8.56. The van der Waals surface area contributed by atoms with E-state index in [1.807, 2.05) is 21.1 Å². The largest absolute Gasteiger partial charge is 0.354 e. The Balaban J connectivity index is 1.70. The maximum Gasteiger partial charge on any atom is 0.252 e. The molecule has 0 saturated carbocycles. The van der Waals surface area contributed by atoms with Crippen molar-refractivity contribution in [1.29, 1.82) is 5.26 Å². The van der Waals surface area contributed by atoms with Crippen LogP contribution in [0.5, 0.6) is 0 Å². The summed E-state index contributed by atoms with van der Waals surface area (Å²) in [6.45, 7) is 2.25. The summed E-state index contributed by atoms with van der Waals surface area (Å²) in [6.07, 6.45) is 2.69. The van der Waals surface area contributed by atoms with Gasteiger partial charge in [-0.2, -0.15) is 5.26 Å². The highest BCUT2D eigenvalue weighted by molar-refractivity contribution is 5.54. The molecule has 0 bridgehead atoms. The van der Waals surface area contributed by atoms with Gasteiger partial charge in [0.1, 0.15) is 11.9 Å². The number of H-pyrrole nitrogens is 1. The van der Waals surface area contributed by atoms with Crippen LogP contribution in [0.3, 0.4) is 0 Å². The first-order chi connectivity index (χ1) is 12.5. The third kappa shape index (κ3) is 3.83. The van der Waals surface area contributed by atoms with Gasteiger partial charge in [-0.15, -0.1) is 0 Å². The molecule has 1 aliphatic rings. The lowest BCUT2D eigenvalue weighted by Gasteiger charge is -2.25. The summed E-state index contributed by atoms with van der Waals surface area (Å²) in [4.78, 5) is 29.6.